The average Bonchev–Trinajstić information content (AvgIpc) is 3.21. The Labute approximate surface area is 150 Å². The third-order valence-electron chi connectivity index (χ3n) is 4.87. The summed E-state index contributed by atoms with van der Waals surface area (Å²) in [5.74, 6) is -0.172. The fraction of sp³-hybridized carbons (Fsp3) is 0.588. The zero-order valence-corrected chi connectivity index (χ0v) is 14.5. The maximum Gasteiger partial charge on any atom is 0.243 e. The first-order valence-corrected chi connectivity index (χ1v) is 9.06. The van der Waals surface area contributed by atoms with Gasteiger partial charge in [0.1, 0.15) is 12.8 Å². The van der Waals surface area contributed by atoms with Gasteiger partial charge < -0.3 is 15.2 Å². The Hall–Kier alpha value is -2.71. The van der Waals surface area contributed by atoms with Crippen LogP contribution in [0.25, 0.3) is 0 Å². The summed E-state index contributed by atoms with van der Waals surface area (Å²) in [6.07, 6.45) is 7.32. The van der Waals surface area contributed by atoms with Crippen molar-refractivity contribution < 1.29 is 14.1 Å². The van der Waals surface area contributed by atoms with Crippen molar-refractivity contribution in [2.75, 3.05) is 0 Å². The molecule has 1 saturated carbocycles. The number of hydrogen-bond acceptors (Lipinski definition) is 6. The van der Waals surface area contributed by atoms with E-state index in [-0.39, 0.29) is 36.9 Å². The van der Waals surface area contributed by atoms with Crippen molar-refractivity contribution in [2.24, 2.45) is 0 Å². The fourth-order valence-electron chi connectivity index (χ4n) is 3.49. The number of aryl methyl sites for hydroxylation is 2. The summed E-state index contributed by atoms with van der Waals surface area (Å²) in [7, 11) is 0. The van der Waals surface area contributed by atoms with Crippen LogP contribution in [0.15, 0.2) is 16.9 Å². The highest BCUT2D eigenvalue weighted by Crippen LogP contribution is 2.20. The standard InChI is InChI=1S/C17H22N6O3/c24-16(9-11-5-6-26-22-11)18-12-7-13(8-12)19-17(25)10-23-20-14-3-1-2-4-15(14)21-23/h5-6,12-13H,1-4,7-10H2,(H,18,24)(H,19,25). The molecule has 0 unspecified atom stereocenters. The smallest absolute Gasteiger partial charge is 0.243 e. The second kappa shape index (κ2) is 7.27. The summed E-state index contributed by atoms with van der Waals surface area (Å²) in [4.78, 5) is 25.5. The molecule has 2 N–H and O–H groups in total. The third-order valence-corrected chi connectivity index (χ3v) is 4.87. The molecular weight excluding hydrogens is 336 g/mol. The van der Waals surface area contributed by atoms with Crippen molar-refractivity contribution in [1.29, 1.82) is 0 Å². The summed E-state index contributed by atoms with van der Waals surface area (Å²) in [6.45, 7) is 0.146. The number of fused-ring (bicyclic) bond motifs is 1. The monoisotopic (exact) mass is 358 g/mol. The number of amides is 2. The van der Waals surface area contributed by atoms with Gasteiger partial charge in [0.15, 0.2) is 0 Å². The summed E-state index contributed by atoms with van der Waals surface area (Å²) >= 11 is 0. The molecule has 0 atom stereocenters. The Kier molecular flexibility index (Phi) is 4.68. The molecule has 2 aromatic heterocycles. The Morgan fingerprint density at radius 2 is 1.73 bits per heavy atom. The topological polar surface area (TPSA) is 115 Å². The molecule has 2 aliphatic rings. The molecule has 1 fully saturated rings. The van der Waals surface area contributed by atoms with Gasteiger partial charge in [-0.05, 0) is 38.5 Å². The summed E-state index contributed by atoms with van der Waals surface area (Å²) in [6, 6.07) is 1.85. The molecule has 0 saturated heterocycles. The molecule has 2 heterocycles. The van der Waals surface area contributed by atoms with Crippen LogP contribution in [0.4, 0.5) is 0 Å². The first-order chi connectivity index (χ1) is 12.7. The van der Waals surface area contributed by atoms with Gasteiger partial charge in [0.25, 0.3) is 0 Å². The normalized spacial score (nSPS) is 21.5. The van der Waals surface area contributed by atoms with E-state index in [0.29, 0.717) is 5.69 Å². The van der Waals surface area contributed by atoms with E-state index in [1.807, 2.05) is 0 Å². The zero-order chi connectivity index (χ0) is 17.9. The van der Waals surface area contributed by atoms with Crippen LogP contribution >= 0.6 is 0 Å². The molecule has 26 heavy (non-hydrogen) atoms. The number of nitrogens with one attached hydrogen (secondary N) is 2. The second-order valence-corrected chi connectivity index (χ2v) is 7.00. The van der Waals surface area contributed by atoms with E-state index in [9.17, 15) is 9.59 Å². The lowest BCUT2D eigenvalue weighted by atomic mass is 9.86. The average molecular weight is 358 g/mol. The van der Waals surface area contributed by atoms with E-state index in [2.05, 4.69) is 26.0 Å². The highest BCUT2D eigenvalue weighted by Gasteiger charge is 2.31. The van der Waals surface area contributed by atoms with Gasteiger partial charge in [0.2, 0.25) is 11.8 Å². The summed E-state index contributed by atoms with van der Waals surface area (Å²) in [5.41, 5.74) is 2.67. The number of hydrogen-bond donors (Lipinski definition) is 2. The molecule has 9 heteroatoms. The lowest BCUT2D eigenvalue weighted by molar-refractivity contribution is -0.123. The van der Waals surface area contributed by atoms with E-state index >= 15 is 0 Å². The van der Waals surface area contributed by atoms with Crippen molar-refractivity contribution in [3.8, 4) is 0 Å². The van der Waals surface area contributed by atoms with Crippen molar-refractivity contribution in [3.05, 3.63) is 29.4 Å². The van der Waals surface area contributed by atoms with Gasteiger partial charge in [-0.1, -0.05) is 5.16 Å². The van der Waals surface area contributed by atoms with Gasteiger partial charge in [0, 0.05) is 18.2 Å². The number of carbonyl (C=O) groups is 2. The van der Waals surface area contributed by atoms with Crippen molar-refractivity contribution in [3.63, 3.8) is 0 Å². The minimum absolute atomic E-state index is 0.0833. The second-order valence-electron chi connectivity index (χ2n) is 7.00. The van der Waals surface area contributed by atoms with Crippen LogP contribution in [-0.4, -0.2) is 44.0 Å². The Bertz CT molecular complexity index is 755. The first kappa shape index (κ1) is 16.7. The minimum Gasteiger partial charge on any atom is -0.364 e. The minimum atomic E-state index is -0.0882. The largest absolute Gasteiger partial charge is 0.364 e. The zero-order valence-electron chi connectivity index (χ0n) is 14.5. The highest BCUT2D eigenvalue weighted by atomic mass is 16.5. The molecule has 2 amide bonds. The van der Waals surface area contributed by atoms with Gasteiger partial charge in [-0.3, -0.25) is 9.59 Å². The Balaban J connectivity index is 1.17. The molecule has 2 aromatic rings. The summed E-state index contributed by atoms with van der Waals surface area (Å²) in [5, 5.41) is 18.4. The van der Waals surface area contributed by atoms with Crippen LogP contribution in [0.1, 0.15) is 42.8 Å². The van der Waals surface area contributed by atoms with Crippen molar-refractivity contribution in [1.82, 2.24) is 30.8 Å². The number of rotatable bonds is 6. The van der Waals surface area contributed by atoms with Gasteiger partial charge >= 0.3 is 0 Å². The molecule has 0 radical (unpaired) electrons. The lowest BCUT2D eigenvalue weighted by Crippen LogP contribution is -2.54. The molecule has 0 aliphatic heterocycles. The van der Waals surface area contributed by atoms with Crippen LogP contribution in [0, 0.1) is 0 Å². The van der Waals surface area contributed by atoms with Crippen LogP contribution in [-0.2, 0) is 35.4 Å². The third kappa shape index (κ3) is 3.92. The number of nitrogens with zero attached hydrogens (tertiary/aromatic N) is 4. The maximum absolute atomic E-state index is 12.2. The Morgan fingerprint density at radius 3 is 2.35 bits per heavy atom. The molecular formula is C17H22N6O3. The highest BCUT2D eigenvalue weighted by molar-refractivity contribution is 5.79. The van der Waals surface area contributed by atoms with Gasteiger partial charge in [-0.15, -0.1) is 0 Å². The van der Waals surface area contributed by atoms with Crippen LogP contribution in [0.2, 0.25) is 0 Å². The van der Waals surface area contributed by atoms with Crippen LogP contribution < -0.4 is 10.6 Å². The predicted octanol–water partition coefficient (Wildman–Crippen LogP) is 0.151. The number of aromatic nitrogens is 4. The first-order valence-electron chi connectivity index (χ1n) is 9.06. The molecule has 0 bridgehead atoms. The fourth-order valence-corrected chi connectivity index (χ4v) is 3.49. The van der Waals surface area contributed by atoms with E-state index in [4.69, 9.17) is 4.52 Å². The van der Waals surface area contributed by atoms with E-state index in [1.54, 1.807) is 6.07 Å². The molecule has 2 aliphatic carbocycles. The van der Waals surface area contributed by atoms with E-state index in [0.717, 1.165) is 49.9 Å². The van der Waals surface area contributed by atoms with E-state index in [1.165, 1.54) is 11.1 Å². The van der Waals surface area contributed by atoms with E-state index < -0.39 is 0 Å². The molecule has 4 rings (SSSR count). The van der Waals surface area contributed by atoms with Crippen molar-refractivity contribution >= 4 is 11.8 Å². The van der Waals surface area contributed by atoms with Gasteiger partial charge in [-0.25, -0.2) is 0 Å². The number of carbonyl (C=O) groups excluding carboxylic acids is 2. The lowest BCUT2D eigenvalue weighted by Gasteiger charge is -2.36. The quantitative estimate of drug-likeness (QED) is 0.760. The maximum atomic E-state index is 12.2. The van der Waals surface area contributed by atoms with Crippen molar-refractivity contribution in [2.45, 2.75) is 63.6 Å². The summed E-state index contributed by atoms with van der Waals surface area (Å²) < 4.78 is 4.71. The predicted molar refractivity (Wildman–Crippen MR) is 90.0 cm³/mol. The molecule has 9 nitrogen and oxygen atoms in total. The van der Waals surface area contributed by atoms with Gasteiger partial charge in [0.05, 0.1) is 23.5 Å². The molecule has 0 spiro atoms. The SMILES string of the molecule is O=C(Cc1ccon1)NC1CC(NC(=O)Cn2nc3c(n2)CCCC3)C1. The Morgan fingerprint density at radius 1 is 1.08 bits per heavy atom. The van der Waals surface area contributed by atoms with Crippen LogP contribution in [0.5, 0.6) is 0 Å². The van der Waals surface area contributed by atoms with Gasteiger partial charge in [-0.2, -0.15) is 15.0 Å². The van der Waals surface area contributed by atoms with Crippen LogP contribution in [0.3, 0.4) is 0 Å². The molecule has 138 valence electrons. The molecule has 0 aromatic carbocycles.